The lowest BCUT2D eigenvalue weighted by molar-refractivity contribution is 0.574. The summed E-state index contributed by atoms with van der Waals surface area (Å²) in [5, 5.41) is 3.37. The van der Waals surface area contributed by atoms with Gasteiger partial charge in [0.15, 0.2) is 0 Å². The van der Waals surface area contributed by atoms with E-state index in [9.17, 15) is 8.78 Å². The second-order valence-corrected chi connectivity index (χ2v) is 5.46. The lowest BCUT2D eigenvalue weighted by Crippen LogP contribution is -2.23. The summed E-state index contributed by atoms with van der Waals surface area (Å²) in [5.41, 5.74) is 3.12. The Morgan fingerprint density at radius 2 is 1.76 bits per heavy atom. The number of aryl methyl sites for hydroxylation is 2. The van der Waals surface area contributed by atoms with E-state index in [4.69, 9.17) is 0 Å². The average molecular weight is 289 g/mol. The Bertz CT molecular complexity index is 602. The van der Waals surface area contributed by atoms with E-state index < -0.39 is 0 Å². The van der Waals surface area contributed by atoms with Gasteiger partial charge in [-0.15, -0.1) is 0 Å². The first kappa shape index (κ1) is 15.6. The molecule has 0 aliphatic carbocycles. The van der Waals surface area contributed by atoms with Crippen molar-refractivity contribution in [1.29, 1.82) is 0 Å². The van der Waals surface area contributed by atoms with Gasteiger partial charge in [-0.1, -0.05) is 25.1 Å². The predicted molar refractivity (Wildman–Crippen MR) is 82.4 cm³/mol. The van der Waals surface area contributed by atoms with Crippen LogP contribution in [-0.2, 0) is 0 Å². The summed E-state index contributed by atoms with van der Waals surface area (Å²) in [4.78, 5) is 0. The van der Waals surface area contributed by atoms with E-state index in [0.29, 0.717) is 5.56 Å². The van der Waals surface area contributed by atoms with Crippen molar-refractivity contribution in [2.75, 3.05) is 6.54 Å². The largest absolute Gasteiger partial charge is 0.306 e. The summed E-state index contributed by atoms with van der Waals surface area (Å²) in [7, 11) is 0. The zero-order valence-corrected chi connectivity index (χ0v) is 12.7. The first-order chi connectivity index (χ1) is 10.0. The summed E-state index contributed by atoms with van der Waals surface area (Å²) < 4.78 is 27.5. The van der Waals surface area contributed by atoms with Gasteiger partial charge in [-0.3, -0.25) is 0 Å². The van der Waals surface area contributed by atoms with E-state index in [0.717, 1.165) is 29.7 Å². The van der Waals surface area contributed by atoms with Crippen molar-refractivity contribution >= 4 is 0 Å². The number of hydrogen-bond donors (Lipinski definition) is 1. The van der Waals surface area contributed by atoms with Crippen LogP contribution in [0.15, 0.2) is 36.4 Å². The van der Waals surface area contributed by atoms with Gasteiger partial charge in [0.1, 0.15) is 11.6 Å². The molecule has 0 amide bonds. The van der Waals surface area contributed by atoms with E-state index in [2.05, 4.69) is 12.2 Å². The zero-order valence-electron chi connectivity index (χ0n) is 12.7. The van der Waals surface area contributed by atoms with Gasteiger partial charge in [-0.2, -0.15) is 0 Å². The lowest BCUT2D eigenvalue weighted by atomic mass is 9.96. The summed E-state index contributed by atoms with van der Waals surface area (Å²) in [6.45, 7) is 6.45. The van der Waals surface area contributed by atoms with Crippen molar-refractivity contribution in [2.24, 2.45) is 0 Å². The highest BCUT2D eigenvalue weighted by Crippen LogP contribution is 2.25. The number of rotatable bonds is 5. The van der Waals surface area contributed by atoms with Crippen LogP contribution in [0.1, 0.15) is 41.6 Å². The first-order valence-corrected chi connectivity index (χ1v) is 7.27. The molecule has 21 heavy (non-hydrogen) atoms. The van der Waals surface area contributed by atoms with Crippen LogP contribution < -0.4 is 5.32 Å². The molecule has 0 saturated carbocycles. The van der Waals surface area contributed by atoms with Crippen LogP contribution in [0.4, 0.5) is 8.78 Å². The van der Waals surface area contributed by atoms with Crippen LogP contribution >= 0.6 is 0 Å². The van der Waals surface area contributed by atoms with E-state index >= 15 is 0 Å². The minimum atomic E-state index is -0.263. The normalized spacial score (nSPS) is 12.4. The molecule has 1 unspecified atom stereocenters. The average Bonchev–Trinajstić information content (AvgIpc) is 2.42. The molecule has 0 fully saturated rings. The van der Waals surface area contributed by atoms with Crippen molar-refractivity contribution < 1.29 is 8.78 Å². The molecule has 0 aliphatic rings. The maximum Gasteiger partial charge on any atom is 0.126 e. The van der Waals surface area contributed by atoms with Gasteiger partial charge in [0, 0.05) is 0 Å². The fourth-order valence-corrected chi connectivity index (χ4v) is 2.44. The Labute approximate surface area is 125 Å². The Kier molecular flexibility index (Phi) is 5.07. The zero-order chi connectivity index (χ0) is 15.4. The molecular weight excluding hydrogens is 268 g/mol. The monoisotopic (exact) mass is 289 g/mol. The van der Waals surface area contributed by atoms with Crippen LogP contribution in [0.5, 0.6) is 0 Å². The molecule has 0 aromatic heterocycles. The maximum absolute atomic E-state index is 13.8. The Morgan fingerprint density at radius 1 is 1.00 bits per heavy atom. The molecule has 0 aliphatic heterocycles. The fourth-order valence-electron chi connectivity index (χ4n) is 2.44. The van der Waals surface area contributed by atoms with Crippen molar-refractivity contribution in [1.82, 2.24) is 5.32 Å². The third kappa shape index (κ3) is 3.88. The molecule has 0 bridgehead atoms. The van der Waals surface area contributed by atoms with Gasteiger partial charge < -0.3 is 5.32 Å². The lowest BCUT2D eigenvalue weighted by Gasteiger charge is -2.20. The standard InChI is InChI=1S/C18H21F2N/c1-4-7-21-18(14-6-5-13(3)17(20)11-14)15-8-12(2)9-16(19)10-15/h5-6,8-11,18,21H,4,7H2,1-3H3. The second kappa shape index (κ2) is 6.81. The number of halogens is 2. The molecule has 2 rings (SSSR count). The smallest absolute Gasteiger partial charge is 0.126 e. The Morgan fingerprint density at radius 3 is 2.38 bits per heavy atom. The summed E-state index contributed by atoms with van der Waals surface area (Å²) in [5.74, 6) is -0.496. The summed E-state index contributed by atoms with van der Waals surface area (Å²) >= 11 is 0. The van der Waals surface area contributed by atoms with Crippen molar-refractivity contribution in [2.45, 2.75) is 33.2 Å². The molecule has 1 N–H and O–H groups in total. The van der Waals surface area contributed by atoms with Gasteiger partial charge in [0.05, 0.1) is 6.04 Å². The molecule has 3 heteroatoms. The number of hydrogen-bond acceptors (Lipinski definition) is 1. The van der Waals surface area contributed by atoms with Crippen LogP contribution in [0, 0.1) is 25.5 Å². The van der Waals surface area contributed by atoms with Gasteiger partial charge in [0.2, 0.25) is 0 Å². The SMILES string of the molecule is CCCNC(c1cc(C)cc(F)c1)c1ccc(C)c(F)c1. The van der Waals surface area contributed by atoms with Crippen LogP contribution in [0.3, 0.4) is 0 Å². The molecule has 0 saturated heterocycles. The highest BCUT2D eigenvalue weighted by Gasteiger charge is 2.16. The van der Waals surface area contributed by atoms with Crippen LogP contribution in [0.2, 0.25) is 0 Å². The van der Waals surface area contributed by atoms with Gasteiger partial charge in [-0.05, 0) is 67.3 Å². The molecule has 0 radical (unpaired) electrons. The molecule has 1 atom stereocenters. The number of nitrogens with one attached hydrogen (secondary N) is 1. The fraction of sp³-hybridized carbons (Fsp3) is 0.333. The quantitative estimate of drug-likeness (QED) is 0.843. The molecule has 1 nitrogen and oxygen atoms in total. The summed E-state index contributed by atoms with van der Waals surface area (Å²) in [6, 6.07) is 9.93. The number of benzene rings is 2. The maximum atomic E-state index is 13.8. The van der Waals surface area contributed by atoms with E-state index in [1.165, 1.54) is 18.2 Å². The van der Waals surface area contributed by atoms with E-state index in [1.54, 1.807) is 13.0 Å². The van der Waals surface area contributed by atoms with Crippen molar-refractivity contribution in [3.63, 3.8) is 0 Å². The molecule has 0 spiro atoms. The first-order valence-electron chi connectivity index (χ1n) is 7.27. The van der Waals surface area contributed by atoms with E-state index in [1.807, 2.05) is 19.1 Å². The van der Waals surface area contributed by atoms with Crippen molar-refractivity contribution in [3.05, 3.63) is 70.3 Å². The third-order valence-electron chi connectivity index (χ3n) is 3.53. The Balaban J connectivity index is 2.43. The summed E-state index contributed by atoms with van der Waals surface area (Å²) in [6.07, 6.45) is 0.957. The molecule has 112 valence electrons. The highest BCUT2D eigenvalue weighted by atomic mass is 19.1. The van der Waals surface area contributed by atoms with Crippen LogP contribution in [-0.4, -0.2) is 6.54 Å². The molecule has 2 aromatic rings. The third-order valence-corrected chi connectivity index (χ3v) is 3.53. The topological polar surface area (TPSA) is 12.0 Å². The molecule has 0 heterocycles. The van der Waals surface area contributed by atoms with E-state index in [-0.39, 0.29) is 17.7 Å². The predicted octanol–water partition coefficient (Wildman–Crippen LogP) is 4.67. The van der Waals surface area contributed by atoms with Crippen LogP contribution in [0.25, 0.3) is 0 Å². The minimum absolute atomic E-state index is 0.200. The second-order valence-electron chi connectivity index (χ2n) is 5.46. The molecule has 2 aromatic carbocycles. The van der Waals surface area contributed by atoms with Gasteiger partial charge in [-0.25, -0.2) is 8.78 Å². The minimum Gasteiger partial charge on any atom is -0.306 e. The Hall–Kier alpha value is -1.74. The van der Waals surface area contributed by atoms with Crippen molar-refractivity contribution in [3.8, 4) is 0 Å². The van der Waals surface area contributed by atoms with Gasteiger partial charge in [0.25, 0.3) is 0 Å². The molecular formula is C18H21F2N. The van der Waals surface area contributed by atoms with Gasteiger partial charge >= 0.3 is 0 Å². The highest BCUT2D eigenvalue weighted by molar-refractivity contribution is 5.36.